The molecule has 0 saturated carbocycles. The summed E-state index contributed by atoms with van der Waals surface area (Å²) in [5.41, 5.74) is 0.951. The van der Waals surface area contributed by atoms with Crippen molar-refractivity contribution >= 4 is 44.9 Å². The van der Waals surface area contributed by atoms with Gasteiger partial charge in [-0.15, -0.1) is 0 Å². The van der Waals surface area contributed by atoms with E-state index < -0.39 is 27.1 Å². The Morgan fingerprint density at radius 1 is 1.11 bits per heavy atom. The Bertz CT molecular complexity index is 1270. The van der Waals surface area contributed by atoms with Crippen molar-refractivity contribution in [3.63, 3.8) is 0 Å². The highest BCUT2D eigenvalue weighted by atomic mass is 32.2. The number of benzene rings is 2. The van der Waals surface area contributed by atoms with Gasteiger partial charge >= 0.3 is 0 Å². The van der Waals surface area contributed by atoms with Gasteiger partial charge < -0.3 is 10.1 Å². The molecule has 2 fully saturated rings. The first-order valence-corrected chi connectivity index (χ1v) is 13.3. The Kier molecular flexibility index (Phi) is 7.58. The molecular weight excluding hydrogens is 490 g/mol. The Balaban J connectivity index is 1.35. The fourth-order valence-electron chi connectivity index (χ4n) is 3.80. The van der Waals surface area contributed by atoms with Gasteiger partial charge in [0.05, 0.1) is 16.9 Å². The van der Waals surface area contributed by atoms with E-state index >= 15 is 0 Å². The molecule has 9 nitrogen and oxygen atoms in total. The zero-order valence-corrected chi connectivity index (χ0v) is 20.7. The van der Waals surface area contributed by atoms with E-state index in [-0.39, 0.29) is 23.5 Å². The van der Waals surface area contributed by atoms with Gasteiger partial charge in [-0.05, 0) is 66.6 Å². The maximum atomic E-state index is 12.8. The van der Waals surface area contributed by atoms with Crippen molar-refractivity contribution in [2.24, 2.45) is 0 Å². The van der Waals surface area contributed by atoms with Crippen molar-refractivity contribution in [2.75, 3.05) is 33.3 Å². The van der Waals surface area contributed by atoms with Crippen LogP contribution in [0, 0.1) is 0 Å². The predicted octanol–water partition coefficient (Wildman–Crippen LogP) is 2.95. The highest BCUT2D eigenvalue weighted by molar-refractivity contribution is 8.18. The van der Waals surface area contributed by atoms with Crippen LogP contribution in [0.25, 0.3) is 6.08 Å². The van der Waals surface area contributed by atoms with E-state index in [2.05, 4.69) is 5.32 Å². The third-order valence-corrected chi connectivity index (χ3v) is 8.51. The van der Waals surface area contributed by atoms with Gasteiger partial charge in [-0.3, -0.25) is 19.3 Å². The van der Waals surface area contributed by atoms with Gasteiger partial charge in [-0.1, -0.05) is 18.2 Å². The molecule has 2 aliphatic rings. The highest BCUT2D eigenvalue weighted by Gasteiger charge is 2.34. The van der Waals surface area contributed by atoms with Crippen LogP contribution >= 0.6 is 11.8 Å². The van der Waals surface area contributed by atoms with Crippen molar-refractivity contribution in [2.45, 2.75) is 17.7 Å². The van der Waals surface area contributed by atoms with Crippen LogP contribution in [0.5, 0.6) is 5.75 Å². The molecule has 2 saturated heterocycles. The van der Waals surface area contributed by atoms with Crippen molar-refractivity contribution in [1.82, 2.24) is 14.5 Å². The van der Waals surface area contributed by atoms with E-state index in [4.69, 9.17) is 4.74 Å². The molecule has 1 N–H and O–H groups in total. The molecule has 3 amide bonds. The first-order valence-electron chi connectivity index (χ1n) is 11.1. The van der Waals surface area contributed by atoms with Crippen LogP contribution in [-0.4, -0.2) is 68.0 Å². The van der Waals surface area contributed by atoms with Gasteiger partial charge in [0, 0.05) is 31.7 Å². The summed E-state index contributed by atoms with van der Waals surface area (Å²) in [6.07, 6.45) is 3.28. The molecule has 35 heavy (non-hydrogen) atoms. The number of hydrogen-bond donors (Lipinski definition) is 1. The third kappa shape index (κ3) is 5.58. The normalized spacial score (nSPS) is 17.9. The van der Waals surface area contributed by atoms with Crippen molar-refractivity contribution < 1.29 is 27.5 Å². The number of rotatable bonds is 8. The minimum absolute atomic E-state index is 0.00211. The molecule has 2 heterocycles. The Hall–Kier alpha value is -3.15. The third-order valence-electron chi connectivity index (χ3n) is 5.71. The summed E-state index contributed by atoms with van der Waals surface area (Å²) in [6, 6.07) is 13.0. The van der Waals surface area contributed by atoms with Crippen LogP contribution in [-0.2, 0) is 14.8 Å². The van der Waals surface area contributed by atoms with E-state index in [0.717, 1.165) is 35.1 Å². The monoisotopic (exact) mass is 515 g/mol. The number of carbonyl (C=O) groups is 3. The van der Waals surface area contributed by atoms with Crippen LogP contribution < -0.4 is 10.1 Å². The molecule has 0 aliphatic carbocycles. The number of ether oxygens (including phenoxy) is 1. The zero-order chi connectivity index (χ0) is 25.0. The lowest BCUT2D eigenvalue weighted by Crippen LogP contribution is -2.37. The lowest BCUT2D eigenvalue weighted by molar-refractivity contribution is -0.122. The quantitative estimate of drug-likeness (QED) is 0.538. The molecule has 2 aromatic carbocycles. The SMILES string of the molecule is COc1ccc(C=C2SC(=O)N(CCNC(=O)c3cccc(S(=O)(=O)N4CCCC4)c3)C2=O)cc1. The molecule has 2 aliphatic heterocycles. The maximum Gasteiger partial charge on any atom is 0.293 e. The average Bonchev–Trinajstić information content (AvgIpc) is 3.50. The average molecular weight is 516 g/mol. The highest BCUT2D eigenvalue weighted by Crippen LogP contribution is 2.32. The van der Waals surface area contributed by atoms with Crippen LogP contribution in [0.2, 0.25) is 0 Å². The number of sulfonamides is 1. The molecule has 2 aromatic rings. The molecule has 0 aromatic heterocycles. The number of nitrogens with one attached hydrogen (secondary N) is 1. The van der Waals surface area contributed by atoms with Crippen LogP contribution in [0.3, 0.4) is 0 Å². The lowest BCUT2D eigenvalue weighted by Gasteiger charge is -2.16. The van der Waals surface area contributed by atoms with Crippen LogP contribution in [0.1, 0.15) is 28.8 Å². The van der Waals surface area contributed by atoms with Crippen LogP contribution in [0.15, 0.2) is 58.3 Å². The van der Waals surface area contributed by atoms with Crippen molar-refractivity contribution in [3.05, 3.63) is 64.6 Å². The maximum absolute atomic E-state index is 12.8. The minimum atomic E-state index is -3.64. The second-order valence-corrected chi connectivity index (χ2v) is 10.9. The summed E-state index contributed by atoms with van der Waals surface area (Å²) in [4.78, 5) is 39.1. The summed E-state index contributed by atoms with van der Waals surface area (Å²) in [6.45, 7) is 0.991. The van der Waals surface area contributed by atoms with E-state index in [9.17, 15) is 22.8 Å². The number of carbonyl (C=O) groups excluding carboxylic acids is 3. The zero-order valence-electron chi connectivity index (χ0n) is 19.1. The first-order chi connectivity index (χ1) is 16.8. The van der Waals surface area contributed by atoms with E-state index in [1.807, 2.05) is 0 Å². The number of hydrogen-bond acceptors (Lipinski definition) is 7. The molecule has 0 spiro atoms. The molecule has 4 rings (SSSR count). The van der Waals surface area contributed by atoms with Gasteiger partial charge in [-0.25, -0.2) is 8.42 Å². The number of thioether (sulfide) groups is 1. The lowest BCUT2D eigenvalue weighted by atomic mass is 10.2. The van der Waals surface area contributed by atoms with Gasteiger partial charge in [0.25, 0.3) is 17.1 Å². The minimum Gasteiger partial charge on any atom is -0.497 e. The molecular formula is C24H25N3O6S2. The van der Waals surface area contributed by atoms with E-state index in [0.29, 0.717) is 23.7 Å². The van der Waals surface area contributed by atoms with Gasteiger partial charge in [0.2, 0.25) is 10.0 Å². The number of methoxy groups -OCH3 is 1. The van der Waals surface area contributed by atoms with E-state index in [1.54, 1.807) is 37.5 Å². The van der Waals surface area contributed by atoms with Gasteiger partial charge in [-0.2, -0.15) is 4.31 Å². The largest absolute Gasteiger partial charge is 0.497 e. The van der Waals surface area contributed by atoms with Crippen molar-refractivity contribution in [1.29, 1.82) is 0 Å². The summed E-state index contributed by atoms with van der Waals surface area (Å²) in [5.74, 6) is -0.224. The topological polar surface area (TPSA) is 113 Å². The van der Waals surface area contributed by atoms with Gasteiger partial charge in [0.1, 0.15) is 5.75 Å². The summed E-state index contributed by atoms with van der Waals surface area (Å²) < 4.78 is 32.1. The second kappa shape index (κ2) is 10.6. The second-order valence-electron chi connectivity index (χ2n) is 8.00. The summed E-state index contributed by atoms with van der Waals surface area (Å²) in [7, 11) is -2.08. The van der Waals surface area contributed by atoms with Crippen molar-refractivity contribution in [3.8, 4) is 5.75 Å². The Labute approximate surface area is 208 Å². The summed E-state index contributed by atoms with van der Waals surface area (Å²) in [5, 5.41) is 2.24. The van der Waals surface area contributed by atoms with Gasteiger partial charge in [0.15, 0.2) is 0 Å². The first kappa shape index (κ1) is 25.0. The Morgan fingerprint density at radius 3 is 2.51 bits per heavy atom. The predicted molar refractivity (Wildman–Crippen MR) is 132 cm³/mol. The molecule has 0 bridgehead atoms. The number of nitrogens with zero attached hydrogens (tertiary/aromatic N) is 2. The molecule has 0 unspecified atom stereocenters. The summed E-state index contributed by atoms with van der Waals surface area (Å²) >= 11 is 0.842. The Morgan fingerprint density at radius 2 is 1.83 bits per heavy atom. The molecule has 0 atom stereocenters. The molecule has 11 heteroatoms. The smallest absolute Gasteiger partial charge is 0.293 e. The number of amides is 3. The number of imide groups is 1. The molecule has 0 radical (unpaired) electrons. The standard InChI is InChI=1S/C24H25N3O6S2/c1-33-19-9-7-17(8-10-19)15-21-23(29)27(24(30)34-21)14-11-25-22(28)18-5-4-6-20(16-18)35(31,32)26-12-2-3-13-26/h4-10,15-16H,2-3,11-14H2,1H3,(H,25,28). The fourth-order valence-corrected chi connectivity index (χ4v) is 6.23. The fraction of sp³-hybridized carbons (Fsp3) is 0.292. The molecule has 184 valence electrons. The van der Waals surface area contributed by atoms with E-state index in [1.165, 1.54) is 28.6 Å². The van der Waals surface area contributed by atoms with Crippen LogP contribution in [0.4, 0.5) is 4.79 Å².